The molecule has 1 heterocycles. The highest BCUT2D eigenvalue weighted by molar-refractivity contribution is 5.97. The third-order valence-electron chi connectivity index (χ3n) is 2.51. The lowest BCUT2D eigenvalue weighted by Gasteiger charge is -2.20. The molecule has 1 amide bonds. The molecular weight excluding hydrogens is 232 g/mol. The van der Waals surface area contributed by atoms with Crippen molar-refractivity contribution >= 4 is 11.7 Å². The van der Waals surface area contributed by atoms with E-state index in [2.05, 4.69) is 15.5 Å². The molecule has 1 atom stereocenters. The van der Waals surface area contributed by atoms with E-state index in [-0.39, 0.29) is 17.7 Å². The van der Waals surface area contributed by atoms with Crippen molar-refractivity contribution in [3.63, 3.8) is 0 Å². The highest BCUT2D eigenvalue weighted by atomic mass is 16.4. The topological polar surface area (TPSA) is 101 Å². The summed E-state index contributed by atoms with van der Waals surface area (Å²) in [4.78, 5) is 16.1. The van der Waals surface area contributed by atoms with Crippen LogP contribution in [-0.4, -0.2) is 28.0 Å². The van der Waals surface area contributed by atoms with Gasteiger partial charge in [-0.1, -0.05) is 25.1 Å². The van der Waals surface area contributed by atoms with Crippen LogP contribution >= 0.6 is 0 Å². The number of amidine groups is 1. The van der Waals surface area contributed by atoms with Crippen molar-refractivity contribution in [1.29, 1.82) is 0 Å². The van der Waals surface area contributed by atoms with Crippen molar-refractivity contribution in [2.24, 2.45) is 16.8 Å². The number of carbonyl (C=O) groups is 1. The largest absolute Gasteiger partial charge is 0.409 e. The molecule has 1 aromatic rings. The van der Waals surface area contributed by atoms with Crippen LogP contribution in [0.4, 0.5) is 0 Å². The van der Waals surface area contributed by atoms with Crippen LogP contribution in [0.2, 0.25) is 0 Å². The lowest BCUT2D eigenvalue weighted by molar-refractivity contribution is 0.0933. The van der Waals surface area contributed by atoms with Crippen LogP contribution in [0, 0.1) is 12.8 Å². The maximum atomic E-state index is 12.0. The molecular formula is C12H18N4O2. The Kier molecular flexibility index (Phi) is 4.65. The first-order chi connectivity index (χ1) is 8.45. The van der Waals surface area contributed by atoms with Gasteiger partial charge in [0, 0.05) is 5.69 Å². The zero-order valence-electron chi connectivity index (χ0n) is 10.7. The summed E-state index contributed by atoms with van der Waals surface area (Å²) < 4.78 is 0. The monoisotopic (exact) mass is 250 g/mol. The molecule has 0 aliphatic carbocycles. The molecule has 18 heavy (non-hydrogen) atoms. The number of nitrogens with two attached hydrogens (primary N) is 1. The molecule has 0 radical (unpaired) electrons. The summed E-state index contributed by atoms with van der Waals surface area (Å²) in [5, 5.41) is 14.3. The Balaban J connectivity index is 2.85. The number of nitrogens with zero attached hydrogens (tertiary/aromatic N) is 2. The normalized spacial score (nSPS) is 13.4. The van der Waals surface area contributed by atoms with Gasteiger partial charge in [-0.15, -0.1) is 0 Å². The van der Waals surface area contributed by atoms with Crippen LogP contribution in [0.1, 0.15) is 30.0 Å². The smallest absolute Gasteiger partial charge is 0.270 e. The van der Waals surface area contributed by atoms with E-state index in [0.29, 0.717) is 5.69 Å². The van der Waals surface area contributed by atoms with Crippen LogP contribution in [0.3, 0.4) is 0 Å². The second kappa shape index (κ2) is 6.00. The lowest BCUT2D eigenvalue weighted by Crippen LogP contribution is -2.48. The Hall–Kier alpha value is -2.11. The number of pyridine rings is 1. The number of hydrogen-bond acceptors (Lipinski definition) is 4. The predicted molar refractivity (Wildman–Crippen MR) is 68.5 cm³/mol. The summed E-state index contributed by atoms with van der Waals surface area (Å²) in [6.45, 7) is 5.54. The summed E-state index contributed by atoms with van der Waals surface area (Å²) in [6, 6.07) is 4.65. The van der Waals surface area contributed by atoms with Crippen LogP contribution in [0.25, 0.3) is 0 Å². The van der Waals surface area contributed by atoms with Gasteiger partial charge in [-0.2, -0.15) is 0 Å². The van der Waals surface area contributed by atoms with Crippen molar-refractivity contribution in [3.05, 3.63) is 29.6 Å². The first-order valence-corrected chi connectivity index (χ1v) is 5.67. The molecule has 0 spiro atoms. The minimum atomic E-state index is -0.523. The molecule has 0 bridgehead atoms. The fourth-order valence-corrected chi connectivity index (χ4v) is 1.53. The van der Waals surface area contributed by atoms with Gasteiger partial charge in [0.25, 0.3) is 5.91 Å². The van der Waals surface area contributed by atoms with E-state index in [1.165, 1.54) is 0 Å². The van der Waals surface area contributed by atoms with Crippen molar-refractivity contribution in [1.82, 2.24) is 10.3 Å². The van der Waals surface area contributed by atoms with Crippen molar-refractivity contribution in [3.8, 4) is 0 Å². The van der Waals surface area contributed by atoms with Gasteiger partial charge in [0.1, 0.15) is 5.69 Å². The average molecular weight is 250 g/mol. The number of nitrogens with one attached hydrogen (secondary N) is 1. The van der Waals surface area contributed by atoms with E-state index in [9.17, 15) is 4.79 Å². The molecule has 0 saturated carbocycles. The Bertz CT molecular complexity index is 457. The van der Waals surface area contributed by atoms with Crippen molar-refractivity contribution in [2.45, 2.75) is 26.8 Å². The quantitative estimate of drug-likeness (QED) is 0.320. The highest BCUT2D eigenvalue weighted by Gasteiger charge is 2.21. The molecule has 1 aromatic heterocycles. The summed E-state index contributed by atoms with van der Waals surface area (Å²) in [5.74, 6) is -0.357. The second-order valence-corrected chi connectivity index (χ2v) is 4.38. The van der Waals surface area contributed by atoms with Gasteiger partial charge in [-0.3, -0.25) is 4.79 Å². The van der Waals surface area contributed by atoms with Gasteiger partial charge in [0.15, 0.2) is 5.84 Å². The SMILES string of the molecule is Cc1cccc(C(=O)NC(C(N)=NO)C(C)C)n1. The van der Waals surface area contributed by atoms with E-state index < -0.39 is 6.04 Å². The second-order valence-electron chi connectivity index (χ2n) is 4.38. The molecule has 98 valence electrons. The van der Waals surface area contributed by atoms with Gasteiger partial charge in [-0.25, -0.2) is 4.98 Å². The van der Waals surface area contributed by atoms with Gasteiger partial charge in [0.05, 0.1) is 6.04 Å². The van der Waals surface area contributed by atoms with E-state index in [0.717, 1.165) is 5.69 Å². The molecule has 1 unspecified atom stereocenters. The minimum Gasteiger partial charge on any atom is -0.409 e. The van der Waals surface area contributed by atoms with E-state index in [1.54, 1.807) is 25.1 Å². The minimum absolute atomic E-state index is 0.00894. The summed E-state index contributed by atoms with van der Waals surface area (Å²) in [5.41, 5.74) is 6.61. The number of carbonyl (C=O) groups excluding carboxylic acids is 1. The molecule has 0 aromatic carbocycles. The molecule has 0 fully saturated rings. The standard InChI is InChI=1S/C12H18N4O2/c1-7(2)10(11(13)16-18)15-12(17)9-6-4-5-8(3)14-9/h4-7,10,18H,1-3H3,(H2,13,16)(H,15,17). The number of rotatable bonds is 4. The number of oxime groups is 1. The van der Waals surface area contributed by atoms with Crippen LogP contribution in [0.5, 0.6) is 0 Å². The van der Waals surface area contributed by atoms with Gasteiger partial charge < -0.3 is 16.3 Å². The van der Waals surface area contributed by atoms with E-state index >= 15 is 0 Å². The predicted octanol–water partition coefficient (Wildman–Crippen LogP) is 0.891. The molecule has 0 aliphatic heterocycles. The van der Waals surface area contributed by atoms with Gasteiger partial charge >= 0.3 is 0 Å². The summed E-state index contributed by atoms with van der Waals surface area (Å²) in [6.07, 6.45) is 0. The third kappa shape index (κ3) is 3.44. The number of hydrogen-bond donors (Lipinski definition) is 3. The fourth-order valence-electron chi connectivity index (χ4n) is 1.53. The van der Waals surface area contributed by atoms with Crippen LogP contribution in [0.15, 0.2) is 23.4 Å². The maximum Gasteiger partial charge on any atom is 0.270 e. The molecule has 1 rings (SSSR count). The fraction of sp³-hybridized carbons (Fsp3) is 0.417. The lowest BCUT2D eigenvalue weighted by atomic mass is 10.0. The van der Waals surface area contributed by atoms with E-state index in [4.69, 9.17) is 10.9 Å². The number of amides is 1. The van der Waals surface area contributed by atoms with Crippen LogP contribution in [-0.2, 0) is 0 Å². The number of aryl methyl sites for hydroxylation is 1. The Morgan fingerprint density at radius 3 is 2.67 bits per heavy atom. The zero-order chi connectivity index (χ0) is 13.7. The Labute approximate surface area is 106 Å². The summed E-state index contributed by atoms with van der Waals surface area (Å²) in [7, 11) is 0. The molecule has 6 nitrogen and oxygen atoms in total. The zero-order valence-corrected chi connectivity index (χ0v) is 10.7. The van der Waals surface area contributed by atoms with Gasteiger partial charge in [0.2, 0.25) is 0 Å². The van der Waals surface area contributed by atoms with Crippen molar-refractivity contribution in [2.75, 3.05) is 0 Å². The van der Waals surface area contributed by atoms with Crippen molar-refractivity contribution < 1.29 is 10.0 Å². The first-order valence-electron chi connectivity index (χ1n) is 5.67. The highest BCUT2D eigenvalue weighted by Crippen LogP contribution is 2.04. The Morgan fingerprint density at radius 2 is 2.17 bits per heavy atom. The molecule has 4 N–H and O–H groups in total. The summed E-state index contributed by atoms with van der Waals surface area (Å²) >= 11 is 0. The van der Waals surface area contributed by atoms with Gasteiger partial charge in [-0.05, 0) is 25.0 Å². The first kappa shape index (κ1) is 14.0. The number of aromatic nitrogens is 1. The molecule has 0 aliphatic rings. The third-order valence-corrected chi connectivity index (χ3v) is 2.51. The molecule has 0 saturated heterocycles. The van der Waals surface area contributed by atoms with Crippen LogP contribution < -0.4 is 11.1 Å². The van der Waals surface area contributed by atoms with E-state index in [1.807, 2.05) is 13.8 Å². The maximum absolute atomic E-state index is 12.0. The Morgan fingerprint density at radius 1 is 1.50 bits per heavy atom. The molecule has 6 heteroatoms. The average Bonchev–Trinajstić information content (AvgIpc) is 2.34.